The van der Waals surface area contributed by atoms with E-state index in [4.69, 9.17) is 0 Å². The van der Waals surface area contributed by atoms with Gasteiger partial charge >= 0.3 is 0 Å². The van der Waals surface area contributed by atoms with E-state index in [1.807, 2.05) is 0 Å². The van der Waals surface area contributed by atoms with Gasteiger partial charge in [-0.1, -0.05) is 30.3 Å². The van der Waals surface area contributed by atoms with E-state index in [0.29, 0.717) is 29.6 Å². The quantitative estimate of drug-likeness (QED) is 0.820. The Bertz CT molecular complexity index is 470. The number of likely N-dealkylation sites (N-methyl/N-ethyl adjacent to an activating group) is 1. The van der Waals surface area contributed by atoms with Gasteiger partial charge in [-0.25, -0.2) is 0 Å². The molecule has 3 rings (SSSR count). The molecule has 0 aromatic heterocycles. The molecule has 2 aliphatic carbocycles. The van der Waals surface area contributed by atoms with Gasteiger partial charge in [0.2, 0.25) is 0 Å². The van der Waals surface area contributed by atoms with Gasteiger partial charge in [0.25, 0.3) is 0 Å². The molecule has 20 heavy (non-hydrogen) atoms. The van der Waals surface area contributed by atoms with Crippen molar-refractivity contribution in [1.29, 1.82) is 0 Å². The first-order chi connectivity index (χ1) is 9.65. The summed E-state index contributed by atoms with van der Waals surface area (Å²) in [7, 11) is 2.17. The lowest BCUT2D eigenvalue weighted by Gasteiger charge is -2.30. The monoisotopic (exact) mass is 271 g/mol. The second-order valence-electron chi connectivity index (χ2n) is 6.76. The Balaban J connectivity index is 1.56. The highest BCUT2D eigenvalue weighted by molar-refractivity contribution is 5.87. The Morgan fingerprint density at radius 2 is 2.00 bits per heavy atom. The highest BCUT2D eigenvalue weighted by Gasteiger charge is 2.46. The SMILES string of the molecule is C[C@H](Cc1ccccc1)N(C)C[C@H]1C(=O)[C@H]2CC[C@@H]1C2. The standard InChI is InChI=1S/C18H25NO/c1-13(10-14-6-4-3-5-7-14)19(2)12-17-15-8-9-16(11-15)18(17)20/h3-7,13,15-17H,8-12H2,1-2H3/t13-,15-,16+,17-/m1/s1. The van der Waals surface area contributed by atoms with Gasteiger partial charge in [0.15, 0.2) is 0 Å². The van der Waals surface area contributed by atoms with E-state index in [0.717, 1.165) is 19.4 Å². The molecule has 2 fully saturated rings. The molecule has 0 unspecified atom stereocenters. The van der Waals surface area contributed by atoms with Gasteiger partial charge in [0.1, 0.15) is 5.78 Å². The maximum Gasteiger partial charge on any atom is 0.140 e. The van der Waals surface area contributed by atoms with E-state index in [9.17, 15) is 4.79 Å². The van der Waals surface area contributed by atoms with Crippen molar-refractivity contribution in [2.75, 3.05) is 13.6 Å². The third kappa shape index (κ3) is 2.67. The number of fused-ring (bicyclic) bond motifs is 2. The van der Waals surface area contributed by atoms with Crippen molar-refractivity contribution in [3.05, 3.63) is 35.9 Å². The molecule has 2 heteroatoms. The third-order valence-corrected chi connectivity index (χ3v) is 5.42. The molecule has 2 nitrogen and oxygen atoms in total. The molecule has 2 aliphatic rings. The van der Waals surface area contributed by atoms with Crippen LogP contribution in [0.25, 0.3) is 0 Å². The summed E-state index contributed by atoms with van der Waals surface area (Å²) >= 11 is 0. The maximum absolute atomic E-state index is 12.3. The smallest absolute Gasteiger partial charge is 0.140 e. The van der Waals surface area contributed by atoms with Crippen LogP contribution in [0.1, 0.15) is 31.7 Å². The normalized spacial score (nSPS) is 30.1. The van der Waals surface area contributed by atoms with Gasteiger partial charge in [-0.2, -0.15) is 0 Å². The van der Waals surface area contributed by atoms with Crippen LogP contribution in [0.5, 0.6) is 0 Å². The number of ketones is 1. The van der Waals surface area contributed by atoms with Crippen LogP contribution in [-0.4, -0.2) is 30.3 Å². The minimum absolute atomic E-state index is 0.317. The van der Waals surface area contributed by atoms with E-state index in [1.54, 1.807) is 0 Å². The molecule has 4 atom stereocenters. The lowest BCUT2D eigenvalue weighted by Crippen LogP contribution is -2.39. The van der Waals surface area contributed by atoms with E-state index in [2.05, 4.69) is 49.2 Å². The van der Waals surface area contributed by atoms with Gasteiger partial charge in [-0.3, -0.25) is 4.79 Å². The maximum atomic E-state index is 12.3. The Kier molecular flexibility index (Phi) is 3.93. The number of carbonyl (C=O) groups is 1. The summed E-state index contributed by atoms with van der Waals surface area (Å²) in [4.78, 5) is 14.6. The van der Waals surface area contributed by atoms with Crippen LogP contribution in [-0.2, 0) is 11.2 Å². The molecule has 0 N–H and O–H groups in total. The Labute approximate surface area is 122 Å². The zero-order chi connectivity index (χ0) is 14.1. The van der Waals surface area contributed by atoms with Crippen LogP contribution in [0.2, 0.25) is 0 Å². The van der Waals surface area contributed by atoms with Crippen molar-refractivity contribution >= 4 is 5.78 Å². The summed E-state index contributed by atoms with van der Waals surface area (Å²) < 4.78 is 0. The lowest BCUT2D eigenvalue weighted by atomic mass is 9.87. The second-order valence-corrected chi connectivity index (χ2v) is 6.76. The summed E-state index contributed by atoms with van der Waals surface area (Å²) in [6, 6.07) is 11.1. The van der Waals surface area contributed by atoms with Gasteiger partial charge in [0, 0.05) is 24.4 Å². The zero-order valence-corrected chi connectivity index (χ0v) is 12.6. The van der Waals surface area contributed by atoms with Gasteiger partial charge < -0.3 is 4.90 Å². The molecule has 0 saturated heterocycles. The molecular formula is C18H25NO. The molecule has 2 saturated carbocycles. The molecule has 0 heterocycles. The third-order valence-electron chi connectivity index (χ3n) is 5.42. The number of carbonyl (C=O) groups excluding carboxylic acids is 1. The first-order valence-corrected chi connectivity index (χ1v) is 7.93. The van der Waals surface area contributed by atoms with Crippen molar-refractivity contribution in [3.8, 4) is 0 Å². The minimum atomic E-state index is 0.317. The molecule has 1 aromatic carbocycles. The van der Waals surface area contributed by atoms with Gasteiger partial charge in [-0.15, -0.1) is 0 Å². The van der Waals surface area contributed by atoms with Crippen molar-refractivity contribution in [2.45, 2.75) is 38.6 Å². The Hall–Kier alpha value is -1.15. The lowest BCUT2D eigenvalue weighted by molar-refractivity contribution is -0.126. The number of benzene rings is 1. The van der Waals surface area contributed by atoms with Gasteiger partial charge in [-0.05, 0) is 51.1 Å². The molecule has 0 aliphatic heterocycles. The average Bonchev–Trinajstić information content (AvgIpc) is 3.03. The molecule has 108 valence electrons. The highest BCUT2D eigenvalue weighted by atomic mass is 16.1. The molecule has 0 radical (unpaired) electrons. The number of nitrogens with zero attached hydrogens (tertiary/aromatic N) is 1. The van der Waals surface area contributed by atoms with E-state index >= 15 is 0 Å². The Morgan fingerprint density at radius 1 is 1.25 bits per heavy atom. The average molecular weight is 271 g/mol. The van der Waals surface area contributed by atoms with Crippen LogP contribution in [0.4, 0.5) is 0 Å². The fraction of sp³-hybridized carbons (Fsp3) is 0.611. The molecule has 0 spiro atoms. The van der Waals surface area contributed by atoms with E-state index in [-0.39, 0.29) is 0 Å². The highest BCUT2D eigenvalue weighted by Crippen LogP contribution is 2.46. The predicted molar refractivity (Wildman–Crippen MR) is 81.6 cm³/mol. The largest absolute Gasteiger partial charge is 0.303 e. The van der Waals surface area contributed by atoms with Gasteiger partial charge in [0.05, 0.1) is 0 Å². The van der Waals surface area contributed by atoms with Crippen molar-refractivity contribution in [1.82, 2.24) is 4.90 Å². The molecule has 0 amide bonds. The first-order valence-electron chi connectivity index (χ1n) is 7.93. The first kappa shape index (κ1) is 13.8. The number of Topliss-reactive ketones (excluding diaryl/α,β-unsaturated/α-hetero) is 1. The number of rotatable bonds is 5. The Morgan fingerprint density at radius 3 is 2.65 bits per heavy atom. The number of hydrogen-bond acceptors (Lipinski definition) is 2. The second kappa shape index (κ2) is 5.69. The molecule has 1 aromatic rings. The molecule has 2 bridgehead atoms. The minimum Gasteiger partial charge on any atom is -0.303 e. The van der Waals surface area contributed by atoms with Crippen LogP contribution >= 0.6 is 0 Å². The summed E-state index contributed by atoms with van der Waals surface area (Å²) in [5.41, 5.74) is 1.38. The summed E-state index contributed by atoms with van der Waals surface area (Å²) in [5, 5.41) is 0. The molecular weight excluding hydrogens is 246 g/mol. The summed E-state index contributed by atoms with van der Waals surface area (Å²) in [6.07, 6.45) is 4.67. The van der Waals surface area contributed by atoms with Crippen LogP contribution in [0.3, 0.4) is 0 Å². The predicted octanol–water partition coefficient (Wildman–Crippen LogP) is 3.16. The number of hydrogen-bond donors (Lipinski definition) is 0. The van der Waals surface area contributed by atoms with E-state index < -0.39 is 0 Å². The fourth-order valence-corrected chi connectivity index (χ4v) is 4.02. The summed E-state index contributed by atoms with van der Waals surface area (Å²) in [5.74, 6) is 1.96. The van der Waals surface area contributed by atoms with Crippen molar-refractivity contribution < 1.29 is 4.79 Å². The van der Waals surface area contributed by atoms with E-state index in [1.165, 1.54) is 18.4 Å². The summed E-state index contributed by atoms with van der Waals surface area (Å²) in [6.45, 7) is 3.22. The van der Waals surface area contributed by atoms with Crippen molar-refractivity contribution in [3.63, 3.8) is 0 Å². The van der Waals surface area contributed by atoms with Crippen molar-refractivity contribution in [2.24, 2.45) is 17.8 Å². The van der Waals surface area contributed by atoms with Crippen LogP contribution in [0, 0.1) is 17.8 Å². The topological polar surface area (TPSA) is 20.3 Å². The zero-order valence-electron chi connectivity index (χ0n) is 12.6. The van der Waals surface area contributed by atoms with Crippen LogP contribution in [0.15, 0.2) is 30.3 Å². The fourth-order valence-electron chi connectivity index (χ4n) is 4.02. The van der Waals surface area contributed by atoms with Crippen LogP contribution < -0.4 is 0 Å².